The lowest BCUT2D eigenvalue weighted by atomic mass is 10.2. The Labute approximate surface area is 125 Å². The summed E-state index contributed by atoms with van der Waals surface area (Å²) in [6.07, 6.45) is 5.53. The molecule has 0 aliphatic carbocycles. The van der Waals surface area contributed by atoms with Gasteiger partial charge in [0.15, 0.2) is 0 Å². The number of carbonyl (C=O) groups excluding carboxylic acids is 1. The van der Waals surface area contributed by atoms with Crippen LogP contribution in [0.25, 0.3) is 0 Å². The van der Waals surface area contributed by atoms with E-state index in [0.717, 1.165) is 16.7 Å². The van der Waals surface area contributed by atoms with Gasteiger partial charge >= 0.3 is 0 Å². The van der Waals surface area contributed by atoms with Gasteiger partial charge in [0.05, 0.1) is 11.8 Å². The van der Waals surface area contributed by atoms with E-state index in [0.29, 0.717) is 25.3 Å². The Morgan fingerprint density at radius 3 is 3.10 bits per heavy atom. The van der Waals surface area contributed by atoms with Gasteiger partial charge in [0.1, 0.15) is 12.4 Å². The SMILES string of the molecule is O=C(NCCCOCc1ccco1)c1cncc(Br)c1. The normalized spacial score (nSPS) is 10.4. The molecule has 20 heavy (non-hydrogen) atoms. The first kappa shape index (κ1) is 14.7. The maximum absolute atomic E-state index is 11.8. The number of nitrogens with one attached hydrogen (secondary N) is 1. The van der Waals surface area contributed by atoms with E-state index < -0.39 is 0 Å². The third kappa shape index (κ3) is 4.79. The number of carbonyl (C=O) groups is 1. The Morgan fingerprint density at radius 1 is 1.45 bits per heavy atom. The molecule has 0 saturated heterocycles. The van der Waals surface area contributed by atoms with Crippen LogP contribution in [0.5, 0.6) is 0 Å². The number of hydrogen-bond acceptors (Lipinski definition) is 4. The molecule has 0 unspecified atom stereocenters. The van der Waals surface area contributed by atoms with Crippen molar-refractivity contribution in [1.82, 2.24) is 10.3 Å². The number of aromatic nitrogens is 1. The molecule has 1 amide bonds. The van der Waals surface area contributed by atoms with Crippen molar-refractivity contribution in [1.29, 1.82) is 0 Å². The number of pyridine rings is 1. The molecule has 0 aromatic carbocycles. The van der Waals surface area contributed by atoms with Crippen LogP contribution in [-0.4, -0.2) is 24.0 Å². The van der Waals surface area contributed by atoms with Crippen molar-refractivity contribution >= 4 is 21.8 Å². The second-order valence-electron chi connectivity index (χ2n) is 4.13. The molecule has 2 aromatic rings. The van der Waals surface area contributed by atoms with Crippen LogP contribution in [0.15, 0.2) is 45.7 Å². The molecular formula is C14H15BrN2O3. The van der Waals surface area contributed by atoms with Gasteiger partial charge in [-0.1, -0.05) is 0 Å². The predicted octanol–water partition coefficient (Wildman–Crippen LogP) is 2.77. The molecule has 0 radical (unpaired) electrons. The summed E-state index contributed by atoms with van der Waals surface area (Å²) in [6.45, 7) is 1.58. The van der Waals surface area contributed by atoms with E-state index in [1.807, 2.05) is 12.1 Å². The Morgan fingerprint density at radius 2 is 2.35 bits per heavy atom. The molecule has 6 heteroatoms. The van der Waals surface area contributed by atoms with E-state index in [1.165, 1.54) is 6.20 Å². The lowest BCUT2D eigenvalue weighted by molar-refractivity contribution is 0.0916. The fraction of sp³-hybridized carbons (Fsp3) is 0.286. The first-order chi connectivity index (χ1) is 9.75. The second-order valence-corrected chi connectivity index (χ2v) is 5.05. The summed E-state index contributed by atoms with van der Waals surface area (Å²) in [4.78, 5) is 15.7. The summed E-state index contributed by atoms with van der Waals surface area (Å²) in [7, 11) is 0. The summed E-state index contributed by atoms with van der Waals surface area (Å²) in [6, 6.07) is 5.42. The maximum Gasteiger partial charge on any atom is 0.252 e. The zero-order chi connectivity index (χ0) is 14.2. The Kier molecular flexibility index (Phi) is 5.76. The third-order valence-corrected chi connectivity index (χ3v) is 2.98. The number of amides is 1. The Bertz CT molecular complexity index is 543. The number of ether oxygens (including phenoxy) is 1. The number of hydrogen-bond donors (Lipinski definition) is 1. The fourth-order valence-corrected chi connectivity index (χ4v) is 1.95. The molecule has 0 spiro atoms. The van der Waals surface area contributed by atoms with Crippen LogP contribution in [0, 0.1) is 0 Å². The smallest absolute Gasteiger partial charge is 0.252 e. The molecular weight excluding hydrogens is 324 g/mol. The van der Waals surface area contributed by atoms with Gasteiger partial charge in [0.2, 0.25) is 0 Å². The highest BCUT2D eigenvalue weighted by Crippen LogP contribution is 2.09. The first-order valence-corrected chi connectivity index (χ1v) is 7.04. The highest BCUT2D eigenvalue weighted by molar-refractivity contribution is 9.10. The van der Waals surface area contributed by atoms with Gasteiger partial charge in [-0.25, -0.2) is 0 Å². The second kappa shape index (κ2) is 7.81. The van der Waals surface area contributed by atoms with Crippen molar-refractivity contribution in [2.75, 3.05) is 13.2 Å². The standard InChI is InChI=1S/C14H15BrN2O3/c15-12-7-11(8-16-9-12)14(18)17-4-2-5-19-10-13-3-1-6-20-13/h1,3,6-9H,2,4-5,10H2,(H,17,18). The highest BCUT2D eigenvalue weighted by atomic mass is 79.9. The Balaban J connectivity index is 1.60. The molecule has 5 nitrogen and oxygen atoms in total. The largest absolute Gasteiger partial charge is 0.467 e. The van der Waals surface area contributed by atoms with Crippen molar-refractivity contribution in [3.8, 4) is 0 Å². The number of rotatable bonds is 7. The van der Waals surface area contributed by atoms with Gasteiger partial charge in [0.25, 0.3) is 5.91 Å². The monoisotopic (exact) mass is 338 g/mol. The van der Waals surface area contributed by atoms with Gasteiger partial charge in [-0.05, 0) is 40.5 Å². The summed E-state index contributed by atoms with van der Waals surface area (Å²) >= 11 is 3.28. The van der Waals surface area contributed by atoms with Gasteiger partial charge in [0, 0.05) is 30.0 Å². The number of furan rings is 1. The highest BCUT2D eigenvalue weighted by Gasteiger charge is 2.05. The van der Waals surface area contributed by atoms with Gasteiger partial charge < -0.3 is 14.5 Å². The van der Waals surface area contributed by atoms with Crippen LogP contribution < -0.4 is 5.32 Å². The molecule has 106 valence electrons. The quantitative estimate of drug-likeness (QED) is 0.788. The minimum Gasteiger partial charge on any atom is -0.467 e. The topological polar surface area (TPSA) is 64.4 Å². The van der Waals surface area contributed by atoms with Crippen molar-refractivity contribution in [3.63, 3.8) is 0 Å². The minimum absolute atomic E-state index is 0.134. The lowest BCUT2D eigenvalue weighted by Gasteiger charge is -2.05. The van der Waals surface area contributed by atoms with Gasteiger partial charge in [-0.2, -0.15) is 0 Å². The molecule has 2 rings (SSSR count). The third-order valence-electron chi connectivity index (χ3n) is 2.54. The van der Waals surface area contributed by atoms with Crippen molar-refractivity contribution in [3.05, 3.63) is 52.7 Å². The molecule has 2 heterocycles. The van der Waals surface area contributed by atoms with Gasteiger partial charge in [-0.3, -0.25) is 9.78 Å². The predicted molar refractivity (Wildman–Crippen MR) is 77.3 cm³/mol. The van der Waals surface area contributed by atoms with Crippen LogP contribution in [0.2, 0.25) is 0 Å². The summed E-state index contributed by atoms with van der Waals surface area (Å²) < 4.78 is 11.3. The zero-order valence-electron chi connectivity index (χ0n) is 10.8. The Hall–Kier alpha value is -1.66. The molecule has 0 bridgehead atoms. The van der Waals surface area contributed by atoms with Crippen LogP contribution in [0.3, 0.4) is 0 Å². The van der Waals surface area contributed by atoms with E-state index in [-0.39, 0.29) is 5.91 Å². The summed E-state index contributed by atoms with van der Waals surface area (Å²) in [5.41, 5.74) is 0.538. The van der Waals surface area contributed by atoms with Crippen LogP contribution in [-0.2, 0) is 11.3 Å². The van der Waals surface area contributed by atoms with E-state index in [2.05, 4.69) is 26.2 Å². The summed E-state index contributed by atoms with van der Waals surface area (Å²) in [5, 5.41) is 2.82. The molecule has 0 atom stereocenters. The first-order valence-electron chi connectivity index (χ1n) is 6.24. The van der Waals surface area contributed by atoms with E-state index in [4.69, 9.17) is 9.15 Å². The minimum atomic E-state index is -0.134. The zero-order valence-corrected chi connectivity index (χ0v) is 12.4. The van der Waals surface area contributed by atoms with Crippen LogP contribution >= 0.6 is 15.9 Å². The van der Waals surface area contributed by atoms with Crippen molar-refractivity contribution in [2.24, 2.45) is 0 Å². The average Bonchev–Trinajstić information content (AvgIpc) is 2.95. The summed E-state index contributed by atoms with van der Waals surface area (Å²) in [5.74, 6) is 0.666. The number of nitrogens with zero attached hydrogens (tertiary/aromatic N) is 1. The molecule has 0 saturated carbocycles. The van der Waals surface area contributed by atoms with E-state index in [9.17, 15) is 4.79 Å². The molecule has 0 fully saturated rings. The molecule has 2 aromatic heterocycles. The molecule has 0 aliphatic rings. The van der Waals surface area contributed by atoms with Crippen molar-refractivity contribution < 1.29 is 13.9 Å². The van der Waals surface area contributed by atoms with E-state index >= 15 is 0 Å². The number of halogens is 1. The molecule has 0 aliphatic heterocycles. The van der Waals surface area contributed by atoms with Crippen LogP contribution in [0.1, 0.15) is 22.5 Å². The lowest BCUT2D eigenvalue weighted by Crippen LogP contribution is -2.25. The van der Waals surface area contributed by atoms with Gasteiger partial charge in [-0.15, -0.1) is 0 Å². The van der Waals surface area contributed by atoms with Crippen LogP contribution in [0.4, 0.5) is 0 Å². The fourth-order valence-electron chi connectivity index (χ4n) is 1.58. The maximum atomic E-state index is 11.8. The average molecular weight is 339 g/mol. The molecule has 1 N–H and O–H groups in total. The van der Waals surface area contributed by atoms with Crippen molar-refractivity contribution in [2.45, 2.75) is 13.0 Å². The van der Waals surface area contributed by atoms with E-state index in [1.54, 1.807) is 18.5 Å².